The van der Waals surface area contributed by atoms with Crippen molar-refractivity contribution in [3.8, 4) is 0 Å². The molecule has 3 rings (SSSR count). The van der Waals surface area contributed by atoms with E-state index in [1.54, 1.807) is 0 Å². The van der Waals surface area contributed by atoms with Crippen LogP contribution in [0.25, 0.3) is 0 Å². The van der Waals surface area contributed by atoms with E-state index in [-0.39, 0.29) is 5.41 Å². The Morgan fingerprint density at radius 3 is 2.36 bits per heavy atom. The van der Waals surface area contributed by atoms with E-state index in [0.717, 1.165) is 12.1 Å². The predicted octanol–water partition coefficient (Wildman–Crippen LogP) is 5.85. The molecule has 0 bridgehead atoms. The Morgan fingerprint density at radius 2 is 1.68 bits per heavy atom. The lowest BCUT2D eigenvalue weighted by Gasteiger charge is -2.24. The highest BCUT2D eigenvalue weighted by Crippen LogP contribution is 2.49. The highest BCUT2D eigenvalue weighted by Gasteiger charge is 2.38. The van der Waals surface area contributed by atoms with E-state index in [4.69, 9.17) is 23.2 Å². The van der Waals surface area contributed by atoms with Gasteiger partial charge in [0.2, 0.25) is 0 Å². The molecule has 1 nitrogen and oxygen atoms in total. The molecule has 1 aliphatic heterocycles. The summed E-state index contributed by atoms with van der Waals surface area (Å²) in [7, 11) is 2.09. The summed E-state index contributed by atoms with van der Waals surface area (Å²) in [5.41, 5.74) is 4.88. The third kappa shape index (κ3) is 2.53. The normalized spacial score (nSPS) is 17.9. The molecule has 3 heteroatoms. The predicted molar refractivity (Wildman–Crippen MR) is 96.1 cm³/mol. The highest BCUT2D eigenvalue weighted by molar-refractivity contribution is 6.42. The van der Waals surface area contributed by atoms with Crippen molar-refractivity contribution in [1.29, 1.82) is 0 Å². The third-order valence-corrected chi connectivity index (χ3v) is 5.17. The number of hydrogen-bond acceptors (Lipinski definition) is 1. The maximum absolute atomic E-state index is 6.22. The minimum absolute atomic E-state index is 0.0763. The maximum atomic E-state index is 6.22. The summed E-state index contributed by atoms with van der Waals surface area (Å²) in [4.78, 5) is 2.22. The molecule has 1 aliphatic rings. The van der Waals surface area contributed by atoms with Crippen molar-refractivity contribution < 1.29 is 0 Å². The number of allylic oxidation sites excluding steroid dienone is 2. The summed E-state index contributed by atoms with van der Waals surface area (Å²) in [6, 6.07) is 14.5. The van der Waals surface area contributed by atoms with Gasteiger partial charge in [-0.3, -0.25) is 0 Å². The zero-order chi connectivity index (χ0) is 15.9. The van der Waals surface area contributed by atoms with Crippen molar-refractivity contribution in [3.05, 3.63) is 75.4 Å². The molecule has 0 aromatic heterocycles. The van der Waals surface area contributed by atoms with Crippen molar-refractivity contribution in [1.82, 2.24) is 0 Å². The van der Waals surface area contributed by atoms with Gasteiger partial charge < -0.3 is 4.90 Å². The minimum atomic E-state index is -0.0763. The molecule has 0 amide bonds. The van der Waals surface area contributed by atoms with E-state index >= 15 is 0 Å². The third-order valence-electron chi connectivity index (χ3n) is 4.45. The molecule has 2 aromatic rings. The van der Waals surface area contributed by atoms with Crippen LogP contribution in [-0.4, -0.2) is 7.05 Å². The van der Waals surface area contributed by atoms with E-state index in [2.05, 4.69) is 56.1 Å². The van der Waals surface area contributed by atoms with E-state index in [0.29, 0.717) is 10.0 Å². The molecule has 0 saturated heterocycles. The Kier molecular flexibility index (Phi) is 3.96. The fourth-order valence-corrected chi connectivity index (χ4v) is 3.54. The van der Waals surface area contributed by atoms with Crippen LogP contribution in [0.2, 0.25) is 10.0 Å². The number of benzene rings is 2. The van der Waals surface area contributed by atoms with Crippen LogP contribution in [0.4, 0.5) is 5.69 Å². The molecule has 1 heterocycles. The summed E-state index contributed by atoms with van der Waals surface area (Å²) in [5.74, 6) is 0. The van der Waals surface area contributed by atoms with Gasteiger partial charge in [0.25, 0.3) is 0 Å². The second-order valence-electron chi connectivity index (χ2n) is 6.25. The minimum Gasteiger partial charge on any atom is -0.347 e. The number of hydrogen-bond donors (Lipinski definition) is 0. The number of anilines is 1. The SMILES string of the molecule is CN1C(=CCc2ccccc2)C(C)(C)c2cc(Cl)c(Cl)cc21. The van der Waals surface area contributed by atoms with Crippen molar-refractivity contribution in [3.63, 3.8) is 0 Å². The summed E-state index contributed by atoms with van der Waals surface area (Å²) in [6.07, 6.45) is 3.22. The molecule has 0 unspecified atom stereocenters. The fraction of sp³-hybridized carbons (Fsp3) is 0.263. The Bertz CT molecular complexity index is 733. The van der Waals surface area contributed by atoms with E-state index in [1.165, 1.54) is 16.8 Å². The van der Waals surface area contributed by atoms with Crippen molar-refractivity contribution in [2.45, 2.75) is 25.7 Å². The fourth-order valence-electron chi connectivity index (χ4n) is 3.22. The number of nitrogens with zero attached hydrogens (tertiary/aromatic N) is 1. The van der Waals surface area contributed by atoms with Crippen LogP contribution in [-0.2, 0) is 11.8 Å². The van der Waals surface area contributed by atoms with Gasteiger partial charge in [0, 0.05) is 23.8 Å². The van der Waals surface area contributed by atoms with Crippen LogP contribution < -0.4 is 4.90 Å². The lowest BCUT2D eigenvalue weighted by Crippen LogP contribution is -2.23. The topological polar surface area (TPSA) is 3.24 Å². The second kappa shape index (κ2) is 5.64. The lowest BCUT2D eigenvalue weighted by molar-refractivity contribution is 0.637. The molecule has 2 aromatic carbocycles. The maximum Gasteiger partial charge on any atom is 0.0613 e. The van der Waals surface area contributed by atoms with Gasteiger partial charge >= 0.3 is 0 Å². The summed E-state index contributed by atoms with van der Waals surface area (Å²) in [6.45, 7) is 4.47. The van der Waals surface area contributed by atoms with Gasteiger partial charge in [0.15, 0.2) is 0 Å². The number of halogens is 2. The molecule has 114 valence electrons. The van der Waals surface area contributed by atoms with Crippen LogP contribution in [0, 0.1) is 0 Å². The van der Waals surface area contributed by atoms with Gasteiger partial charge in [-0.15, -0.1) is 0 Å². The zero-order valence-electron chi connectivity index (χ0n) is 13.0. The molecule has 0 radical (unpaired) electrons. The van der Waals surface area contributed by atoms with Gasteiger partial charge in [-0.2, -0.15) is 0 Å². The van der Waals surface area contributed by atoms with Gasteiger partial charge in [0.1, 0.15) is 0 Å². The van der Waals surface area contributed by atoms with Gasteiger partial charge in [-0.05, 0) is 29.7 Å². The quantitative estimate of drug-likeness (QED) is 0.667. The molecule has 0 fully saturated rings. The number of likely N-dealkylation sites (N-methyl/N-ethyl adjacent to an activating group) is 1. The van der Waals surface area contributed by atoms with E-state index in [9.17, 15) is 0 Å². The Labute approximate surface area is 142 Å². The van der Waals surface area contributed by atoms with Crippen LogP contribution in [0.3, 0.4) is 0 Å². The summed E-state index contributed by atoms with van der Waals surface area (Å²) < 4.78 is 0. The van der Waals surface area contributed by atoms with Gasteiger partial charge in [0.05, 0.1) is 10.0 Å². The molecule has 22 heavy (non-hydrogen) atoms. The van der Waals surface area contributed by atoms with E-state index in [1.807, 2.05) is 18.2 Å². The van der Waals surface area contributed by atoms with Crippen molar-refractivity contribution >= 4 is 28.9 Å². The molecule has 0 atom stereocenters. The molecule has 0 saturated carbocycles. The Balaban J connectivity index is 2.00. The Hall–Kier alpha value is -1.44. The Morgan fingerprint density at radius 1 is 1.05 bits per heavy atom. The van der Waals surface area contributed by atoms with E-state index < -0.39 is 0 Å². The average molecular weight is 332 g/mol. The first-order chi connectivity index (χ1) is 10.4. The van der Waals surface area contributed by atoms with Crippen molar-refractivity contribution in [2.75, 3.05) is 11.9 Å². The molecular weight excluding hydrogens is 313 g/mol. The molecular formula is C19H19Cl2N. The number of fused-ring (bicyclic) bond motifs is 1. The molecule has 0 N–H and O–H groups in total. The average Bonchev–Trinajstić information content (AvgIpc) is 2.66. The first-order valence-corrected chi connectivity index (χ1v) is 8.14. The van der Waals surface area contributed by atoms with Crippen LogP contribution in [0.15, 0.2) is 54.2 Å². The highest BCUT2D eigenvalue weighted by atomic mass is 35.5. The first-order valence-electron chi connectivity index (χ1n) is 7.39. The van der Waals surface area contributed by atoms with Crippen molar-refractivity contribution in [2.24, 2.45) is 0 Å². The van der Waals surface area contributed by atoms with Gasteiger partial charge in [-0.25, -0.2) is 0 Å². The standard InChI is InChI=1S/C19H19Cl2N/c1-19(2)14-11-15(20)16(21)12-17(14)22(3)18(19)10-9-13-7-5-4-6-8-13/h4-8,10-12H,9H2,1-3H3. The molecule has 0 aliphatic carbocycles. The smallest absolute Gasteiger partial charge is 0.0613 e. The van der Waals surface area contributed by atoms with Crippen LogP contribution >= 0.6 is 23.2 Å². The molecule has 0 spiro atoms. The largest absolute Gasteiger partial charge is 0.347 e. The van der Waals surface area contributed by atoms with Gasteiger partial charge in [-0.1, -0.05) is 73.5 Å². The lowest BCUT2D eigenvalue weighted by atomic mass is 9.83. The van der Waals surface area contributed by atoms with Crippen LogP contribution in [0.5, 0.6) is 0 Å². The summed E-state index contributed by atoms with van der Waals surface area (Å²) >= 11 is 12.4. The first kappa shape index (κ1) is 15.5. The van der Waals surface area contributed by atoms with Crippen LogP contribution in [0.1, 0.15) is 25.0 Å². The number of rotatable bonds is 2. The second-order valence-corrected chi connectivity index (χ2v) is 7.06. The summed E-state index contributed by atoms with van der Waals surface area (Å²) in [5, 5.41) is 1.22. The zero-order valence-corrected chi connectivity index (χ0v) is 14.5. The monoisotopic (exact) mass is 331 g/mol.